The lowest BCUT2D eigenvalue weighted by atomic mass is 10.2. The first-order chi connectivity index (χ1) is 9.63. The lowest BCUT2D eigenvalue weighted by molar-refractivity contribution is -0.115. The van der Waals surface area contributed by atoms with Gasteiger partial charge in [-0.2, -0.15) is 0 Å². The number of nitrogens with one attached hydrogen (secondary N) is 3. The van der Waals surface area contributed by atoms with Gasteiger partial charge in [0, 0.05) is 17.3 Å². The van der Waals surface area contributed by atoms with E-state index in [0.717, 1.165) is 5.56 Å². The maximum absolute atomic E-state index is 11.6. The minimum Gasteiger partial charge on any atom is -0.329 e. The van der Waals surface area contributed by atoms with Crippen LogP contribution in [-0.2, 0) is 4.79 Å². The molecule has 0 aliphatic carbocycles. The Morgan fingerprint density at radius 1 is 1.30 bits per heavy atom. The Bertz CT molecular complexity index is 598. The Morgan fingerprint density at radius 2 is 2.15 bits per heavy atom. The Kier molecular flexibility index (Phi) is 4.67. The highest BCUT2D eigenvalue weighted by atomic mass is 32.1. The molecule has 1 aromatic heterocycles. The molecule has 0 atom stereocenters. The molecule has 0 saturated heterocycles. The molecule has 0 fully saturated rings. The molecule has 3 amide bonds. The third-order valence-corrected chi connectivity index (χ3v) is 3.05. The van der Waals surface area contributed by atoms with Crippen molar-refractivity contribution in [3.8, 4) is 0 Å². The summed E-state index contributed by atoms with van der Waals surface area (Å²) in [6.07, 6.45) is 1.60. The van der Waals surface area contributed by atoms with Gasteiger partial charge in [-0.1, -0.05) is 12.1 Å². The van der Waals surface area contributed by atoms with Crippen LogP contribution >= 0.6 is 11.3 Å². The van der Waals surface area contributed by atoms with E-state index in [2.05, 4.69) is 20.9 Å². The molecule has 0 unspecified atom stereocenters. The molecule has 2 aromatic rings. The molecule has 0 aliphatic heterocycles. The summed E-state index contributed by atoms with van der Waals surface area (Å²) in [5, 5.41) is 9.98. The number of nitrogens with zero attached hydrogens (tertiary/aromatic N) is 1. The van der Waals surface area contributed by atoms with E-state index in [9.17, 15) is 9.59 Å². The molecule has 2 rings (SSSR count). The van der Waals surface area contributed by atoms with E-state index in [1.807, 2.05) is 25.1 Å². The van der Waals surface area contributed by atoms with Gasteiger partial charge < -0.3 is 16.0 Å². The van der Waals surface area contributed by atoms with Gasteiger partial charge in [-0.3, -0.25) is 4.79 Å². The number of carbonyl (C=O) groups is 2. The summed E-state index contributed by atoms with van der Waals surface area (Å²) in [5.74, 6) is -0.320. The maximum Gasteiger partial charge on any atom is 0.319 e. The van der Waals surface area contributed by atoms with Crippen LogP contribution in [0, 0.1) is 6.92 Å². The fourth-order valence-corrected chi connectivity index (χ4v) is 2.05. The Morgan fingerprint density at radius 3 is 2.85 bits per heavy atom. The molecule has 104 valence electrons. The van der Waals surface area contributed by atoms with Gasteiger partial charge in [0.25, 0.3) is 0 Å². The zero-order valence-corrected chi connectivity index (χ0v) is 11.7. The van der Waals surface area contributed by atoms with Crippen molar-refractivity contribution in [3.63, 3.8) is 0 Å². The van der Waals surface area contributed by atoms with Crippen LogP contribution in [0.2, 0.25) is 0 Å². The number of hydrogen-bond donors (Lipinski definition) is 3. The summed E-state index contributed by atoms with van der Waals surface area (Å²) in [4.78, 5) is 27.1. The third-order valence-electron chi connectivity index (χ3n) is 2.36. The van der Waals surface area contributed by atoms with Gasteiger partial charge >= 0.3 is 6.03 Å². The van der Waals surface area contributed by atoms with Crippen LogP contribution in [0.1, 0.15) is 5.56 Å². The van der Waals surface area contributed by atoms with Crippen LogP contribution in [-0.4, -0.2) is 23.5 Å². The molecule has 1 aromatic carbocycles. The molecule has 6 nitrogen and oxygen atoms in total. The highest BCUT2D eigenvalue weighted by Crippen LogP contribution is 2.10. The predicted molar refractivity (Wildman–Crippen MR) is 78.9 cm³/mol. The van der Waals surface area contributed by atoms with Crippen molar-refractivity contribution < 1.29 is 9.59 Å². The second-order valence-electron chi connectivity index (χ2n) is 4.06. The monoisotopic (exact) mass is 290 g/mol. The van der Waals surface area contributed by atoms with Crippen LogP contribution in [0.25, 0.3) is 0 Å². The average Bonchev–Trinajstić information content (AvgIpc) is 2.89. The van der Waals surface area contributed by atoms with Crippen molar-refractivity contribution in [1.82, 2.24) is 10.3 Å². The van der Waals surface area contributed by atoms with Crippen molar-refractivity contribution in [2.24, 2.45) is 0 Å². The van der Waals surface area contributed by atoms with Crippen LogP contribution in [0.5, 0.6) is 0 Å². The summed E-state index contributed by atoms with van der Waals surface area (Å²) in [6, 6.07) is 6.98. The van der Waals surface area contributed by atoms with Gasteiger partial charge in [-0.15, -0.1) is 11.3 Å². The average molecular weight is 290 g/mol. The number of hydrogen-bond acceptors (Lipinski definition) is 4. The molecule has 20 heavy (non-hydrogen) atoms. The quantitative estimate of drug-likeness (QED) is 0.807. The SMILES string of the molecule is Cc1cccc(NC(=O)NCC(=O)Nc2nccs2)c1. The number of anilines is 2. The van der Waals surface area contributed by atoms with Gasteiger partial charge in [0.15, 0.2) is 5.13 Å². The van der Waals surface area contributed by atoms with E-state index in [1.165, 1.54) is 11.3 Å². The minimum absolute atomic E-state index is 0.114. The molecule has 0 radical (unpaired) electrons. The van der Waals surface area contributed by atoms with E-state index in [0.29, 0.717) is 10.8 Å². The predicted octanol–water partition coefficient (Wildman–Crippen LogP) is 2.21. The first kappa shape index (κ1) is 14.0. The molecule has 3 N–H and O–H groups in total. The van der Waals surface area contributed by atoms with Gasteiger partial charge in [-0.05, 0) is 24.6 Å². The zero-order chi connectivity index (χ0) is 14.4. The summed E-state index contributed by atoms with van der Waals surface area (Å²) >= 11 is 1.32. The summed E-state index contributed by atoms with van der Waals surface area (Å²) in [6.45, 7) is 1.82. The lowest BCUT2D eigenvalue weighted by Gasteiger charge is -2.07. The highest BCUT2D eigenvalue weighted by Gasteiger charge is 2.07. The number of carbonyl (C=O) groups excluding carboxylic acids is 2. The van der Waals surface area contributed by atoms with Gasteiger partial charge in [0.1, 0.15) is 0 Å². The van der Waals surface area contributed by atoms with Crippen molar-refractivity contribution in [2.45, 2.75) is 6.92 Å². The third kappa shape index (κ3) is 4.36. The zero-order valence-electron chi connectivity index (χ0n) is 10.8. The Labute approximate surface area is 120 Å². The normalized spacial score (nSPS) is 9.85. The Balaban J connectivity index is 1.76. The van der Waals surface area contributed by atoms with E-state index in [4.69, 9.17) is 0 Å². The molecule has 0 saturated carbocycles. The molecule has 0 aliphatic rings. The van der Waals surface area contributed by atoms with Crippen LogP contribution in [0.15, 0.2) is 35.8 Å². The summed E-state index contributed by atoms with van der Waals surface area (Å²) in [5.41, 5.74) is 1.73. The molecule has 0 spiro atoms. The first-order valence-electron chi connectivity index (χ1n) is 5.94. The number of benzene rings is 1. The van der Waals surface area contributed by atoms with E-state index < -0.39 is 6.03 Å². The Hall–Kier alpha value is -2.41. The smallest absolute Gasteiger partial charge is 0.319 e. The largest absolute Gasteiger partial charge is 0.329 e. The van der Waals surface area contributed by atoms with Crippen LogP contribution < -0.4 is 16.0 Å². The highest BCUT2D eigenvalue weighted by molar-refractivity contribution is 7.13. The van der Waals surface area contributed by atoms with Gasteiger partial charge in [0.05, 0.1) is 6.54 Å². The van der Waals surface area contributed by atoms with E-state index in [-0.39, 0.29) is 12.5 Å². The number of thiazole rings is 1. The molecule has 1 heterocycles. The topological polar surface area (TPSA) is 83.1 Å². The summed E-state index contributed by atoms with van der Waals surface area (Å²) in [7, 11) is 0. The number of rotatable bonds is 4. The molecule has 0 bridgehead atoms. The maximum atomic E-state index is 11.6. The van der Waals surface area contributed by atoms with Crippen molar-refractivity contribution >= 4 is 34.1 Å². The molecule has 7 heteroatoms. The minimum atomic E-state index is -0.426. The van der Waals surface area contributed by atoms with Crippen LogP contribution in [0.3, 0.4) is 0 Å². The second kappa shape index (κ2) is 6.67. The fraction of sp³-hybridized carbons (Fsp3) is 0.154. The number of amides is 3. The number of aromatic nitrogens is 1. The van der Waals surface area contributed by atoms with Gasteiger partial charge in [-0.25, -0.2) is 9.78 Å². The van der Waals surface area contributed by atoms with Crippen molar-refractivity contribution in [1.29, 1.82) is 0 Å². The fourth-order valence-electron chi connectivity index (χ4n) is 1.51. The lowest BCUT2D eigenvalue weighted by Crippen LogP contribution is -2.35. The van der Waals surface area contributed by atoms with Gasteiger partial charge in [0.2, 0.25) is 5.91 Å². The number of urea groups is 1. The summed E-state index contributed by atoms with van der Waals surface area (Å²) < 4.78 is 0. The standard InChI is InChI=1S/C13H14N4O2S/c1-9-3-2-4-10(7-9)16-12(19)15-8-11(18)17-13-14-5-6-20-13/h2-7H,8H2,1H3,(H,14,17,18)(H2,15,16,19). The van der Waals surface area contributed by atoms with E-state index >= 15 is 0 Å². The van der Waals surface area contributed by atoms with E-state index in [1.54, 1.807) is 17.6 Å². The van der Waals surface area contributed by atoms with Crippen molar-refractivity contribution in [3.05, 3.63) is 41.4 Å². The van der Waals surface area contributed by atoms with Crippen molar-refractivity contribution in [2.75, 3.05) is 17.2 Å². The second-order valence-corrected chi connectivity index (χ2v) is 4.96. The first-order valence-corrected chi connectivity index (χ1v) is 6.82. The molecular formula is C13H14N4O2S. The number of aryl methyl sites for hydroxylation is 1. The van der Waals surface area contributed by atoms with Crippen LogP contribution in [0.4, 0.5) is 15.6 Å². The molecular weight excluding hydrogens is 276 g/mol.